The Bertz CT molecular complexity index is 519. The van der Waals surface area contributed by atoms with Gasteiger partial charge in [-0.3, -0.25) is 0 Å². The first kappa shape index (κ1) is 11.5. The number of pyridine rings is 1. The second-order valence-electron chi connectivity index (χ2n) is 2.98. The molecule has 16 heavy (non-hydrogen) atoms. The summed E-state index contributed by atoms with van der Waals surface area (Å²) in [6.45, 7) is 0. The Morgan fingerprint density at radius 3 is 2.56 bits per heavy atom. The first-order valence-electron chi connectivity index (χ1n) is 4.40. The van der Waals surface area contributed by atoms with Crippen molar-refractivity contribution in [3.8, 4) is 0 Å². The molecule has 1 nitrogen and oxygen atoms in total. The number of benzene rings is 1. The molecule has 0 aliphatic carbocycles. The van der Waals surface area contributed by atoms with Gasteiger partial charge in [0.2, 0.25) is 0 Å². The van der Waals surface area contributed by atoms with Gasteiger partial charge in [-0.1, -0.05) is 17.8 Å². The van der Waals surface area contributed by atoms with Gasteiger partial charge in [-0.25, -0.2) is 13.8 Å². The summed E-state index contributed by atoms with van der Waals surface area (Å²) in [4.78, 5) is 4.80. The number of halogens is 3. The quantitative estimate of drug-likeness (QED) is 0.768. The number of aromatic nitrogens is 1. The highest BCUT2D eigenvalue weighted by Crippen LogP contribution is 2.27. The fourth-order valence-corrected chi connectivity index (χ4v) is 2.40. The molecule has 0 bridgehead atoms. The molecule has 0 aliphatic rings. The Morgan fingerprint density at radius 2 is 1.88 bits per heavy atom. The highest BCUT2D eigenvalue weighted by atomic mass is 79.9. The highest BCUT2D eigenvalue weighted by Gasteiger charge is 2.04. The normalized spacial score (nSPS) is 10.4. The third-order valence-corrected chi connectivity index (χ3v) is 3.17. The molecule has 1 aromatic carbocycles. The van der Waals surface area contributed by atoms with Gasteiger partial charge in [0.15, 0.2) is 11.6 Å². The second kappa shape index (κ2) is 4.93. The smallest absolute Gasteiger partial charge is 0.159 e. The summed E-state index contributed by atoms with van der Waals surface area (Å²) in [5, 5.41) is 0.723. The molecule has 0 amide bonds. The minimum absolute atomic E-state index is 0.615. The van der Waals surface area contributed by atoms with Crippen LogP contribution in [0.15, 0.2) is 50.9 Å². The first-order chi connectivity index (χ1) is 7.65. The SMILES string of the molecule is Fc1ccc(Sc2cccc(Br)n2)cc1F. The highest BCUT2D eigenvalue weighted by molar-refractivity contribution is 9.10. The van der Waals surface area contributed by atoms with E-state index in [1.165, 1.54) is 17.8 Å². The van der Waals surface area contributed by atoms with Crippen LogP contribution in [0.4, 0.5) is 8.78 Å². The molecule has 0 radical (unpaired) electrons. The third-order valence-electron chi connectivity index (χ3n) is 1.80. The minimum atomic E-state index is -0.847. The van der Waals surface area contributed by atoms with Crippen molar-refractivity contribution in [3.05, 3.63) is 52.6 Å². The van der Waals surface area contributed by atoms with Gasteiger partial charge in [0.25, 0.3) is 0 Å². The Kier molecular flexibility index (Phi) is 3.56. The molecule has 2 rings (SSSR count). The van der Waals surface area contributed by atoms with Gasteiger partial charge in [-0.05, 0) is 46.3 Å². The van der Waals surface area contributed by atoms with Crippen molar-refractivity contribution in [3.63, 3.8) is 0 Å². The fourth-order valence-electron chi connectivity index (χ4n) is 1.11. The standard InChI is InChI=1S/C11H6BrF2NS/c12-10-2-1-3-11(15-10)16-7-4-5-8(13)9(14)6-7/h1-6H. The lowest BCUT2D eigenvalue weighted by Gasteiger charge is -2.01. The molecule has 0 saturated heterocycles. The largest absolute Gasteiger partial charge is 0.234 e. The zero-order valence-electron chi connectivity index (χ0n) is 7.95. The van der Waals surface area contributed by atoms with Crippen molar-refractivity contribution in [1.29, 1.82) is 0 Å². The number of hydrogen-bond acceptors (Lipinski definition) is 2. The lowest BCUT2D eigenvalue weighted by Crippen LogP contribution is -1.85. The van der Waals surface area contributed by atoms with Crippen molar-refractivity contribution >= 4 is 27.7 Å². The van der Waals surface area contributed by atoms with Crippen molar-refractivity contribution in [2.45, 2.75) is 9.92 Å². The van der Waals surface area contributed by atoms with E-state index in [0.29, 0.717) is 9.50 Å². The van der Waals surface area contributed by atoms with Gasteiger partial charge in [0.1, 0.15) is 9.63 Å². The molecule has 1 aromatic heterocycles. The molecule has 0 unspecified atom stereocenters. The van der Waals surface area contributed by atoms with Crippen molar-refractivity contribution in [1.82, 2.24) is 4.98 Å². The molecule has 0 N–H and O–H groups in total. The maximum atomic E-state index is 12.9. The van der Waals surface area contributed by atoms with E-state index in [1.807, 2.05) is 6.07 Å². The summed E-state index contributed by atoms with van der Waals surface area (Å²) in [5.74, 6) is -1.69. The van der Waals surface area contributed by atoms with E-state index in [2.05, 4.69) is 20.9 Å². The molecule has 0 fully saturated rings. The van der Waals surface area contributed by atoms with Crippen LogP contribution in [0.3, 0.4) is 0 Å². The Morgan fingerprint density at radius 1 is 1.06 bits per heavy atom. The van der Waals surface area contributed by atoms with E-state index < -0.39 is 11.6 Å². The van der Waals surface area contributed by atoms with E-state index in [0.717, 1.165) is 17.2 Å². The average Bonchev–Trinajstić information content (AvgIpc) is 2.24. The number of rotatable bonds is 2. The van der Waals surface area contributed by atoms with E-state index in [9.17, 15) is 8.78 Å². The monoisotopic (exact) mass is 301 g/mol. The van der Waals surface area contributed by atoms with Crippen LogP contribution in [0.1, 0.15) is 0 Å². The Labute approximate surface area is 104 Å². The van der Waals surface area contributed by atoms with Crippen LogP contribution in [0, 0.1) is 11.6 Å². The summed E-state index contributed by atoms with van der Waals surface area (Å²) < 4.78 is 26.3. The van der Waals surface area contributed by atoms with Crippen LogP contribution in [0.25, 0.3) is 0 Å². The van der Waals surface area contributed by atoms with Crippen LogP contribution in [0.2, 0.25) is 0 Å². The van der Waals surface area contributed by atoms with Crippen LogP contribution < -0.4 is 0 Å². The van der Waals surface area contributed by atoms with E-state index in [-0.39, 0.29) is 0 Å². The summed E-state index contributed by atoms with van der Waals surface area (Å²) in [5.41, 5.74) is 0. The maximum absolute atomic E-state index is 12.9. The summed E-state index contributed by atoms with van der Waals surface area (Å²) >= 11 is 4.52. The zero-order chi connectivity index (χ0) is 11.5. The van der Waals surface area contributed by atoms with Gasteiger partial charge in [-0.15, -0.1) is 0 Å². The predicted octanol–water partition coefficient (Wildman–Crippen LogP) is 4.27. The van der Waals surface area contributed by atoms with Crippen LogP contribution in [0.5, 0.6) is 0 Å². The predicted molar refractivity (Wildman–Crippen MR) is 62.4 cm³/mol. The van der Waals surface area contributed by atoms with Gasteiger partial charge in [0.05, 0.1) is 0 Å². The molecule has 82 valence electrons. The molecule has 0 spiro atoms. The second-order valence-corrected chi connectivity index (χ2v) is 4.88. The van der Waals surface area contributed by atoms with Gasteiger partial charge < -0.3 is 0 Å². The minimum Gasteiger partial charge on any atom is -0.234 e. The molecule has 2 aromatic rings. The third kappa shape index (κ3) is 2.80. The van der Waals surface area contributed by atoms with Crippen molar-refractivity contribution in [2.75, 3.05) is 0 Å². The lowest BCUT2D eigenvalue weighted by molar-refractivity contribution is 0.506. The summed E-state index contributed by atoms with van der Waals surface area (Å²) in [6.07, 6.45) is 0. The Hall–Kier alpha value is -0.940. The van der Waals surface area contributed by atoms with Crippen molar-refractivity contribution < 1.29 is 8.78 Å². The van der Waals surface area contributed by atoms with Crippen molar-refractivity contribution in [2.24, 2.45) is 0 Å². The molecule has 5 heteroatoms. The zero-order valence-corrected chi connectivity index (χ0v) is 10.4. The Balaban J connectivity index is 2.24. The molecule has 0 aliphatic heterocycles. The molecule has 0 atom stereocenters. The topological polar surface area (TPSA) is 12.9 Å². The van der Waals surface area contributed by atoms with Gasteiger partial charge >= 0.3 is 0 Å². The first-order valence-corrected chi connectivity index (χ1v) is 6.01. The summed E-state index contributed by atoms with van der Waals surface area (Å²) in [6, 6.07) is 9.22. The lowest BCUT2D eigenvalue weighted by atomic mass is 10.3. The average molecular weight is 302 g/mol. The summed E-state index contributed by atoms with van der Waals surface area (Å²) in [7, 11) is 0. The number of nitrogens with zero attached hydrogens (tertiary/aromatic N) is 1. The van der Waals surface area contributed by atoms with Gasteiger partial charge in [0, 0.05) is 4.90 Å². The van der Waals surface area contributed by atoms with Crippen LogP contribution in [-0.2, 0) is 0 Å². The number of hydrogen-bond donors (Lipinski definition) is 0. The molecule has 0 saturated carbocycles. The van der Waals surface area contributed by atoms with Crippen LogP contribution >= 0.6 is 27.7 Å². The fraction of sp³-hybridized carbons (Fsp3) is 0. The van der Waals surface area contributed by atoms with Crippen LogP contribution in [-0.4, -0.2) is 4.98 Å². The van der Waals surface area contributed by atoms with E-state index in [4.69, 9.17) is 0 Å². The van der Waals surface area contributed by atoms with Gasteiger partial charge in [-0.2, -0.15) is 0 Å². The van der Waals surface area contributed by atoms with E-state index in [1.54, 1.807) is 12.1 Å². The van der Waals surface area contributed by atoms with E-state index >= 15 is 0 Å². The molecular weight excluding hydrogens is 296 g/mol. The molecule has 1 heterocycles. The maximum Gasteiger partial charge on any atom is 0.159 e. The molecular formula is C11H6BrF2NS.